The molecule has 0 unspecified atom stereocenters. The van der Waals surface area contributed by atoms with Gasteiger partial charge in [-0.3, -0.25) is 4.55 Å². The third-order valence-corrected chi connectivity index (χ3v) is 2.74. The summed E-state index contributed by atoms with van der Waals surface area (Å²) in [7, 11) is -7.41. The second kappa shape index (κ2) is 5.61. The van der Waals surface area contributed by atoms with E-state index in [1.807, 2.05) is 0 Å². The van der Waals surface area contributed by atoms with Crippen molar-refractivity contribution in [3.63, 3.8) is 0 Å². The average Bonchev–Trinajstić information content (AvgIpc) is 2.12. The van der Waals surface area contributed by atoms with Crippen molar-refractivity contribution in [2.75, 3.05) is 0 Å². The summed E-state index contributed by atoms with van der Waals surface area (Å²) in [6.07, 6.45) is -7.39. The van der Waals surface area contributed by atoms with Crippen LogP contribution in [0, 0.1) is 0 Å². The normalized spacial score (nSPS) is 15.6. The maximum absolute atomic E-state index is 12.5. The van der Waals surface area contributed by atoms with Gasteiger partial charge in [-0.05, 0) is 0 Å². The molecule has 0 fully saturated rings. The molecule has 0 atom stereocenters. The first kappa shape index (κ1) is 23.3. The molecule has 0 aromatic carbocycles. The fraction of sp³-hybridized carbons (Fsp3) is 1.00. The summed E-state index contributed by atoms with van der Waals surface area (Å²) in [5.41, 5.74) is 0. The summed E-state index contributed by atoms with van der Waals surface area (Å²) < 4.78 is 161. The zero-order valence-corrected chi connectivity index (χ0v) is 15.4. The third-order valence-electron chi connectivity index (χ3n) is 1.83. The molecular weight excluding hydrogens is 550 g/mol. The molecule has 16 heteroatoms. The summed E-state index contributed by atoms with van der Waals surface area (Å²) in [6.45, 7) is 0. The first-order valence-electron chi connectivity index (χ1n) is 3.80. The standard InChI is InChI=1S/C5HF11O3S.Hg/c6-1(7,2(8,9)4(12,13)14)3(10,11)5(15,16)20(17,18)19;/h(H,17,18,19);. The van der Waals surface area contributed by atoms with Gasteiger partial charge in [0.2, 0.25) is 0 Å². The summed E-state index contributed by atoms with van der Waals surface area (Å²) >= 11 is 0. The van der Waals surface area contributed by atoms with Crippen LogP contribution in [0.3, 0.4) is 0 Å². The van der Waals surface area contributed by atoms with E-state index < -0.39 is 39.3 Å². The molecule has 0 amide bonds. The van der Waals surface area contributed by atoms with Gasteiger partial charge in [0, 0.05) is 27.7 Å². The van der Waals surface area contributed by atoms with Crippen LogP contribution in [-0.4, -0.2) is 42.2 Å². The van der Waals surface area contributed by atoms with Crippen molar-refractivity contribution in [3.05, 3.63) is 0 Å². The Morgan fingerprint density at radius 2 is 0.905 bits per heavy atom. The molecule has 0 aromatic rings. The quantitative estimate of drug-likeness (QED) is 0.333. The van der Waals surface area contributed by atoms with Crippen LogP contribution in [0.25, 0.3) is 0 Å². The van der Waals surface area contributed by atoms with Crippen LogP contribution in [0.1, 0.15) is 0 Å². The Balaban J connectivity index is 0. The second-order valence-corrected chi connectivity index (χ2v) is 4.68. The average molecular weight is 551 g/mol. The molecule has 0 radical (unpaired) electrons. The SMILES string of the molecule is O=S(=O)(O)C(F)(F)C(F)(F)C(F)(F)C(F)(F)C(F)(F)F.[Hg]. The van der Waals surface area contributed by atoms with Gasteiger partial charge in [0.25, 0.3) is 0 Å². The summed E-state index contributed by atoms with van der Waals surface area (Å²) in [6, 6.07) is 0. The zero-order valence-electron chi connectivity index (χ0n) is 9.04. The minimum Gasteiger partial charge on any atom is -0.281 e. The van der Waals surface area contributed by atoms with Crippen LogP contribution in [-0.2, 0) is 37.8 Å². The van der Waals surface area contributed by atoms with E-state index in [0.717, 1.165) is 0 Å². The molecule has 0 saturated carbocycles. The van der Waals surface area contributed by atoms with Gasteiger partial charge in [0.05, 0.1) is 0 Å². The van der Waals surface area contributed by atoms with Crippen LogP contribution >= 0.6 is 0 Å². The largest absolute Gasteiger partial charge is 0.460 e. The molecule has 0 heterocycles. The third kappa shape index (κ3) is 3.23. The number of hydrogen-bond acceptors (Lipinski definition) is 2. The van der Waals surface area contributed by atoms with Gasteiger partial charge in [-0.15, -0.1) is 0 Å². The molecule has 0 aliphatic rings. The molecule has 124 valence electrons. The van der Waals surface area contributed by atoms with E-state index in [9.17, 15) is 56.7 Å². The Hall–Kier alpha value is 0.0751. The van der Waals surface area contributed by atoms with Gasteiger partial charge in [0.15, 0.2) is 0 Å². The predicted octanol–water partition coefficient (Wildman–Crippen LogP) is 2.93. The number of alkyl halides is 11. The Labute approximate surface area is 128 Å². The molecule has 21 heavy (non-hydrogen) atoms. The van der Waals surface area contributed by atoms with Gasteiger partial charge >= 0.3 is 39.3 Å². The number of rotatable bonds is 4. The number of halogens is 11. The molecular formula is C5HF11HgO3S. The minimum absolute atomic E-state index is 0. The Bertz CT molecular complexity index is 481. The molecule has 0 aliphatic heterocycles. The van der Waals surface area contributed by atoms with Crippen LogP contribution in [0.15, 0.2) is 0 Å². The fourth-order valence-electron chi connectivity index (χ4n) is 0.720. The second-order valence-electron chi connectivity index (χ2n) is 3.21. The van der Waals surface area contributed by atoms with E-state index in [1.54, 1.807) is 0 Å². The maximum Gasteiger partial charge on any atom is 0.460 e. The molecule has 0 rings (SSSR count). The fourth-order valence-corrected chi connectivity index (χ4v) is 1.17. The monoisotopic (exact) mass is 552 g/mol. The van der Waals surface area contributed by atoms with Gasteiger partial charge in [-0.2, -0.15) is 56.7 Å². The van der Waals surface area contributed by atoms with Crippen molar-refractivity contribution in [1.82, 2.24) is 0 Å². The van der Waals surface area contributed by atoms with Crippen LogP contribution in [0.4, 0.5) is 48.3 Å². The van der Waals surface area contributed by atoms with E-state index in [4.69, 9.17) is 4.55 Å². The Morgan fingerprint density at radius 3 is 1.10 bits per heavy atom. The van der Waals surface area contributed by atoms with Crippen LogP contribution < -0.4 is 0 Å². The van der Waals surface area contributed by atoms with Gasteiger partial charge in [-0.25, -0.2) is 0 Å². The van der Waals surface area contributed by atoms with E-state index in [2.05, 4.69) is 0 Å². The smallest absolute Gasteiger partial charge is 0.281 e. The van der Waals surface area contributed by atoms with Crippen molar-refractivity contribution < 1.29 is 88.9 Å². The van der Waals surface area contributed by atoms with Crippen LogP contribution in [0.2, 0.25) is 0 Å². The topological polar surface area (TPSA) is 54.4 Å². The molecule has 1 N–H and O–H groups in total. The van der Waals surface area contributed by atoms with Crippen molar-refractivity contribution in [3.8, 4) is 0 Å². The minimum atomic E-state index is -7.86. The molecule has 3 nitrogen and oxygen atoms in total. The maximum atomic E-state index is 12.5. The van der Waals surface area contributed by atoms with Crippen molar-refractivity contribution >= 4 is 10.1 Å². The van der Waals surface area contributed by atoms with Crippen LogP contribution in [0.5, 0.6) is 0 Å². The predicted molar refractivity (Wildman–Crippen MR) is 37.4 cm³/mol. The number of hydrogen-bond donors (Lipinski definition) is 1. The zero-order chi connectivity index (χ0) is 17.0. The van der Waals surface area contributed by atoms with E-state index in [0.29, 0.717) is 0 Å². The van der Waals surface area contributed by atoms with E-state index in [-0.39, 0.29) is 27.7 Å². The Morgan fingerprint density at radius 1 is 0.619 bits per heavy atom. The van der Waals surface area contributed by atoms with E-state index >= 15 is 0 Å². The van der Waals surface area contributed by atoms with Gasteiger partial charge in [-0.1, -0.05) is 0 Å². The summed E-state index contributed by atoms with van der Waals surface area (Å²) in [4.78, 5) is 0. The Kier molecular flexibility index (Phi) is 6.24. The first-order valence-corrected chi connectivity index (χ1v) is 5.24. The van der Waals surface area contributed by atoms with Crippen molar-refractivity contribution in [1.29, 1.82) is 0 Å². The molecule has 0 spiro atoms. The summed E-state index contributed by atoms with van der Waals surface area (Å²) in [5.74, 6) is -23.3. The van der Waals surface area contributed by atoms with Crippen molar-refractivity contribution in [2.45, 2.75) is 29.2 Å². The van der Waals surface area contributed by atoms with Gasteiger partial charge in [0.1, 0.15) is 0 Å². The molecule has 0 saturated heterocycles. The van der Waals surface area contributed by atoms with E-state index in [1.165, 1.54) is 0 Å². The molecule has 0 bridgehead atoms. The summed E-state index contributed by atoms with van der Waals surface area (Å²) in [5, 5.41) is -7.29. The van der Waals surface area contributed by atoms with Gasteiger partial charge < -0.3 is 0 Å². The van der Waals surface area contributed by atoms with Crippen molar-refractivity contribution in [2.24, 2.45) is 0 Å². The molecule has 0 aromatic heterocycles. The first-order chi connectivity index (χ1) is 8.25. The molecule has 0 aliphatic carbocycles.